The topological polar surface area (TPSA) is 57.9 Å². The van der Waals surface area contributed by atoms with Crippen LogP contribution < -0.4 is 4.74 Å². The summed E-state index contributed by atoms with van der Waals surface area (Å²) in [6.07, 6.45) is 6.85. The first-order valence-corrected chi connectivity index (χ1v) is 17.1. The van der Waals surface area contributed by atoms with Gasteiger partial charge in [0.1, 0.15) is 17.2 Å². The van der Waals surface area contributed by atoms with E-state index in [4.69, 9.17) is 4.74 Å². The average Bonchev–Trinajstić information content (AvgIpc) is 3.66. The number of aromatic nitrogens is 1. The number of carbonyl (C=O) groups is 1. The Bertz CT molecular complexity index is 1720. The van der Waals surface area contributed by atoms with Gasteiger partial charge in [-0.2, -0.15) is 0 Å². The van der Waals surface area contributed by atoms with Crippen molar-refractivity contribution in [2.75, 3.05) is 32.7 Å². The molecule has 3 aromatic carbocycles. The summed E-state index contributed by atoms with van der Waals surface area (Å²) in [7, 11) is 0. The molecule has 7 heteroatoms. The third-order valence-electron chi connectivity index (χ3n) is 9.52. The minimum absolute atomic E-state index is 0.378. The number of ether oxygens (including phenoxy) is 1. The van der Waals surface area contributed by atoms with Gasteiger partial charge in [0.05, 0.1) is 15.9 Å². The van der Waals surface area contributed by atoms with Crippen molar-refractivity contribution < 1.29 is 14.6 Å². The van der Waals surface area contributed by atoms with E-state index < -0.39 is 5.97 Å². The Morgan fingerprint density at radius 1 is 0.800 bits per heavy atom. The van der Waals surface area contributed by atoms with E-state index in [9.17, 15) is 9.90 Å². The lowest BCUT2D eigenvalue weighted by atomic mass is 9.94. The molecule has 2 aromatic heterocycles. The number of piperazine rings is 1. The van der Waals surface area contributed by atoms with E-state index in [0.717, 1.165) is 89.2 Å². The van der Waals surface area contributed by atoms with Crippen molar-refractivity contribution in [2.24, 2.45) is 0 Å². The second-order valence-electron chi connectivity index (χ2n) is 12.3. The molecule has 1 aliphatic heterocycles. The lowest BCUT2D eigenvalue weighted by Crippen LogP contribution is -2.51. The molecule has 0 unspecified atom stereocenters. The van der Waals surface area contributed by atoms with Crippen molar-refractivity contribution in [3.05, 3.63) is 101 Å². The smallest absolute Gasteiger partial charge is 0.345 e. The Kier molecular flexibility index (Phi) is 9.01. The van der Waals surface area contributed by atoms with Gasteiger partial charge in [-0.05, 0) is 59.9 Å². The summed E-state index contributed by atoms with van der Waals surface area (Å²) in [6, 6.07) is 31.6. The van der Waals surface area contributed by atoms with Gasteiger partial charge in [0.2, 0.25) is 0 Å². The number of benzene rings is 3. The number of carboxylic acids is 1. The molecule has 7 rings (SSSR count). The van der Waals surface area contributed by atoms with Crippen LogP contribution in [0.2, 0.25) is 0 Å². The Labute approximate surface area is 269 Å². The fourth-order valence-electron chi connectivity index (χ4n) is 7.12. The Morgan fingerprint density at radius 3 is 2.18 bits per heavy atom. The van der Waals surface area contributed by atoms with E-state index in [1.807, 2.05) is 42.5 Å². The van der Waals surface area contributed by atoms with Crippen LogP contribution in [0.1, 0.15) is 47.3 Å². The normalized spacial score (nSPS) is 16.7. The van der Waals surface area contributed by atoms with Crippen molar-refractivity contribution in [3.63, 3.8) is 0 Å². The minimum Gasteiger partial charge on any atom is -0.489 e. The fraction of sp³-hybridized carbons (Fsp3) is 0.342. The number of aromatic carboxylic acids is 1. The number of carboxylic acid groups (broad SMARTS) is 1. The van der Waals surface area contributed by atoms with Gasteiger partial charge in [-0.1, -0.05) is 79.9 Å². The molecular weight excluding hydrogens is 579 g/mol. The van der Waals surface area contributed by atoms with Gasteiger partial charge in [-0.15, -0.1) is 11.3 Å². The SMILES string of the molecule is O=C(O)c1cc2c(s1)c(-c1ccccc1)c(-c1ccc(OCc3ccccc3)cc1)n2CCN1CCN(C2CCCCC2)CC1. The summed E-state index contributed by atoms with van der Waals surface area (Å²) in [5, 5.41) is 9.95. The van der Waals surface area contributed by atoms with E-state index in [2.05, 4.69) is 62.9 Å². The molecule has 6 nitrogen and oxygen atoms in total. The van der Waals surface area contributed by atoms with Crippen LogP contribution in [0, 0.1) is 0 Å². The first-order valence-electron chi connectivity index (χ1n) is 16.3. The van der Waals surface area contributed by atoms with E-state index in [-0.39, 0.29) is 0 Å². The molecule has 0 atom stereocenters. The molecule has 232 valence electrons. The first-order chi connectivity index (χ1) is 22.1. The molecule has 1 aliphatic carbocycles. The molecule has 2 aliphatic rings. The standard InChI is InChI=1S/C38H41N3O3S/c42-38(43)34-26-33-37(45-34)35(29-12-6-2-7-13-29)36(30-16-18-32(19-17-30)44-27-28-10-4-1-5-11-28)41(33)25-22-39-20-23-40(24-21-39)31-14-8-3-9-15-31/h1-2,4-7,10-13,16-19,26,31H,3,8-9,14-15,20-25,27H2,(H,42,43). The Hall–Kier alpha value is -3.91. The van der Waals surface area contributed by atoms with Gasteiger partial charge in [0.15, 0.2) is 0 Å². The van der Waals surface area contributed by atoms with Crippen molar-refractivity contribution in [2.45, 2.75) is 51.3 Å². The van der Waals surface area contributed by atoms with Gasteiger partial charge in [0.25, 0.3) is 0 Å². The number of hydrogen-bond acceptors (Lipinski definition) is 5. The van der Waals surface area contributed by atoms with E-state index >= 15 is 0 Å². The highest BCUT2D eigenvalue weighted by molar-refractivity contribution is 7.21. The highest BCUT2D eigenvalue weighted by Crippen LogP contribution is 2.45. The molecule has 5 aromatic rings. The average molecular weight is 620 g/mol. The zero-order chi connectivity index (χ0) is 30.6. The monoisotopic (exact) mass is 619 g/mol. The van der Waals surface area contributed by atoms with Gasteiger partial charge in [-0.3, -0.25) is 9.80 Å². The molecule has 0 bridgehead atoms. The van der Waals surface area contributed by atoms with Gasteiger partial charge >= 0.3 is 5.97 Å². The van der Waals surface area contributed by atoms with Crippen molar-refractivity contribution in [1.29, 1.82) is 0 Å². The number of thiophene rings is 1. The van der Waals surface area contributed by atoms with Crippen LogP contribution in [-0.2, 0) is 13.2 Å². The molecule has 0 radical (unpaired) electrons. The molecule has 45 heavy (non-hydrogen) atoms. The van der Waals surface area contributed by atoms with E-state index in [1.54, 1.807) is 0 Å². The second kappa shape index (κ2) is 13.6. The quantitative estimate of drug-likeness (QED) is 0.171. The predicted molar refractivity (Wildman–Crippen MR) is 183 cm³/mol. The maximum Gasteiger partial charge on any atom is 0.345 e. The van der Waals surface area contributed by atoms with Crippen LogP contribution in [0.15, 0.2) is 91.0 Å². The highest BCUT2D eigenvalue weighted by atomic mass is 32.1. The molecule has 3 heterocycles. The summed E-state index contributed by atoms with van der Waals surface area (Å²) in [5.41, 5.74) is 6.56. The Balaban J connectivity index is 1.19. The molecule has 0 amide bonds. The predicted octanol–water partition coefficient (Wildman–Crippen LogP) is 8.26. The second-order valence-corrected chi connectivity index (χ2v) is 13.4. The van der Waals surface area contributed by atoms with Crippen molar-refractivity contribution in [1.82, 2.24) is 14.4 Å². The summed E-state index contributed by atoms with van der Waals surface area (Å²) in [4.78, 5) is 17.8. The fourth-order valence-corrected chi connectivity index (χ4v) is 8.19. The molecular formula is C38H41N3O3S. The molecule has 1 saturated heterocycles. The molecule has 1 saturated carbocycles. The van der Waals surface area contributed by atoms with Crippen LogP contribution in [0.5, 0.6) is 5.75 Å². The zero-order valence-electron chi connectivity index (χ0n) is 25.7. The zero-order valence-corrected chi connectivity index (χ0v) is 26.6. The summed E-state index contributed by atoms with van der Waals surface area (Å²) >= 11 is 1.38. The van der Waals surface area contributed by atoms with Crippen LogP contribution in [0.4, 0.5) is 0 Å². The third kappa shape index (κ3) is 6.57. The minimum atomic E-state index is -0.873. The van der Waals surface area contributed by atoms with Crippen molar-refractivity contribution >= 4 is 27.5 Å². The van der Waals surface area contributed by atoms with Gasteiger partial charge in [0, 0.05) is 50.9 Å². The number of hydrogen-bond donors (Lipinski definition) is 1. The number of fused-ring (bicyclic) bond motifs is 1. The maximum absolute atomic E-state index is 12.1. The van der Waals surface area contributed by atoms with E-state index in [1.165, 1.54) is 43.4 Å². The molecule has 0 spiro atoms. The van der Waals surface area contributed by atoms with Crippen LogP contribution >= 0.6 is 11.3 Å². The maximum atomic E-state index is 12.1. The Morgan fingerprint density at radius 2 is 1.49 bits per heavy atom. The van der Waals surface area contributed by atoms with Crippen molar-refractivity contribution in [3.8, 4) is 28.1 Å². The van der Waals surface area contributed by atoms with Gasteiger partial charge in [-0.25, -0.2) is 4.79 Å². The summed E-state index contributed by atoms with van der Waals surface area (Å²) < 4.78 is 9.51. The number of rotatable bonds is 10. The lowest BCUT2D eigenvalue weighted by Gasteiger charge is -2.40. The van der Waals surface area contributed by atoms with Gasteiger partial charge < -0.3 is 14.4 Å². The highest BCUT2D eigenvalue weighted by Gasteiger charge is 2.27. The van der Waals surface area contributed by atoms with Crippen LogP contribution in [0.25, 0.3) is 32.6 Å². The largest absolute Gasteiger partial charge is 0.489 e. The number of nitrogens with zero attached hydrogens (tertiary/aromatic N) is 3. The first kappa shape index (κ1) is 29.8. The third-order valence-corrected chi connectivity index (χ3v) is 10.7. The van der Waals surface area contributed by atoms with E-state index in [0.29, 0.717) is 11.5 Å². The summed E-state index contributed by atoms with van der Waals surface area (Å²) in [6.45, 7) is 6.69. The van der Waals surface area contributed by atoms with Crippen LogP contribution in [-0.4, -0.2) is 64.2 Å². The van der Waals surface area contributed by atoms with Crippen LogP contribution in [0.3, 0.4) is 0 Å². The molecule has 1 N–H and O–H groups in total. The summed E-state index contributed by atoms with van der Waals surface area (Å²) in [5.74, 6) is -0.0464. The molecule has 2 fully saturated rings. The lowest BCUT2D eigenvalue weighted by molar-refractivity contribution is 0.0702.